The maximum absolute atomic E-state index is 12.0. The van der Waals surface area contributed by atoms with Crippen molar-refractivity contribution >= 4 is 11.8 Å². The second kappa shape index (κ2) is 8.11. The van der Waals surface area contributed by atoms with Gasteiger partial charge in [0.25, 0.3) is 5.91 Å². The molecule has 126 valence electrons. The molecule has 1 atom stereocenters. The first-order valence-electron chi connectivity index (χ1n) is 8.27. The van der Waals surface area contributed by atoms with Crippen LogP contribution in [0.15, 0.2) is 18.2 Å². The van der Waals surface area contributed by atoms with Crippen LogP contribution in [0.2, 0.25) is 0 Å². The summed E-state index contributed by atoms with van der Waals surface area (Å²) in [7, 11) is 0. The van der Waals surface area contributed by atoms with Gasteiger partial charge in [0.2, 0.25) is 5.91 Å². The second-order valence-electron chi connectivity index (χ2n) is 6.40. The Morgan fingerprint density at radius 1 is 1.17 bits per heavy atom. The molecule has 0 heterocycles. The van der Waals surface area contributed by atoms with Crippen LogP contribution in [0.5, 0.6) is 0 Å². The van der Waals surface area contributed by atoms with E-state index in [1.165, 1.54) is 0 Å². The van der Waals surface area contributed by atoms with Crippen molar-refractivity contribution in [1.82, 2.24) is 10.6 Å². The first kappa shape index (κ1) is 17.5. The highest BCUT2D eigenvalue weighted by molar-refractivity contribution is 5.96. The molecule has 1 aromatic carbocycles. The average Bonchev–Trinajstić information content (AvgIpc) is 3.07. The molecule has 0 aliphatic heterocycles. The number of hydrogen-bond donors (Lipinski definition) is 3. The molecule has 3 N–H and O–H groups in total. The molecule has 2 amide bonds. The molecule has 23 heavy (non-hydrogen) atoms. The minimum absolute atomic E-state index is 0.0802. The van der Waals surface area contributed by atoms with Crippen LogP contribution in [0, 0.1) is 19.8 Å². The van der Waals surface area contributed by atoms with E-state index >= 15 is 0 Å². The van der Waals surface area contributed by atoms with E-state index in [4.69, 9.17) is 0 Å². The van der Waals surface area contributed by atoms with Crippen LogP contribution in [0.4, 0.5) is 0 Å². The van der Waals surface area contributed by atoms with Gasteiger partial charge >= 0.3 is 0 Å². The molecule has 0 saturated heterocycles. The summed E-state index contributed by atoms with van der Waals surface area (Å²) in [4.78, 5) is 23.8. The van der Waals surface area contributed by atoms with Gasteiger partial charge in [0.05, 0.1) is 12.6 Å². The lowest BCUT2D eigenvalue weighted by atomic mass is 10.0. The van der Waals surface area contributed by atoms with E-state index < -0.39 is 6.10 Å². The lowest BCUT2D eigenvalue weighted by molar-refractivity contribution is -0.120. The summed E-state index contributed by atoms with van der Waals surface area (Å²) < 4.78 is 0. The number of aliphatic hydroxyl groups excluding tert-OH is 1. The van der Waals surface area contributed by atoms with Crippen molar-refractivity contribution in [2.75, 3.05) is 13.1 Å². The number of hydrogen-bond acceptors (Lipinski definition) is 3. The average molecular weight is 318 g/mol. The third-order valence-electron chi connectivity index (χ3n) is 4.63. The smallest absolute Gasteiger partial charge is 0.251 e. The molecule has 0 spiro atoms. The zero-order chi connectivity index (χ0) is 16.8. The van der Waals surface area contributed by atoms with E-state index in [-0.39, 0.29) is 24.9 Å². The molecule has 1 saturated carbocycles. The summed E-state index contributed by atoms with van der Waals surface area (Å²) >= 11 is 0. The molecule has 1 unspecified atom stereocenters. The molecule has 1 aromatic rings. The topological polar surface area (TPSA) is 78.4 Å². The summed E-state index contributed by atoms with van der Waals surface area (Å²) in [5, 5.41) is 15.3. The predicted molar refractivity (Wildman–Crippen MR) is 89.2 cm³/mol. The van der Waals surface area contributed by atoms with Crippen LogP contribution in [-0.2, 0) is 4.79 Å². The van der Waals surface area contributed by atoms with Crippen molar-refractivity contribution < 1.29 is 14.7 Å². The zero-order valence-electron chi connectivity index (χ0n) is 13.9. The van der Waals surface area contributed by atoms with Gasteiger partial charge in [-0.15, -0.1) is 0 Å². The Morgan fingerprint density at radius 2 is 1.87 bits per heavy atom. The van der Waals surface area contributed by atoms with Crippen molar-refractivity contribution in [2.45, 2.75) is 45.6 Å². The number of benzene rings is 1. The molecule has 0 radical (unpaired) electrons. The molecule has 1 aliphatic carbocycles. The highest BCUT2D eigenvalue weighted by Crippen LogP contribution is 2.27. The van der Waals surface area contributed by atoms with Crippen LogP contribution in [0.25, 0.3) is 0 Å². The molecule has 2 rings (SSSR count). The van der Waals surface area contributed by atoms with Gasteiger partial charge in [0, 0.05) is 12.1 Å². The number of aryl methyl sites for hydroxylation is 2. The molecular formula is C18H26N2O3. The fraction of sp³-hybridized carbons (Fsp3) is 0.556. The molecule has 1 aliphatic rings. The van der Waals surface area contributed by atoms with E-state index in [2.05, 4.69) is 10.6 Å². The lowest BCUT2D eigenvalue weighted by Crippen LogP contribution is -2.41. The Labute approximate surface area is 137 Å². The van der Waals surface area contributed by atoms with Gasteiger partial charge in [-0.25, -0.2) is 0 Å². The van der Waals surface area contributed by atoms with Crippen molar-refractivity contribution in [1.29, 1.82) is 0 Å². The zero-order valence-corrected chi connectivity index (χ0v) is 13.9. The maximum Gasteiger partial charge on any atom is 0.251 e. The van der Waals surface area contributed by atoms with Crippen LogP contribution in [0.3, 0.4) is 0 Å². The number of amides is 2. The van der Waals surface area contributed by atoms with Crippen molar-refractivity contribution in [3.05, 3.63) is 34.9 Å². The molecule has 0 bridgehead atoms. The number of carbonyl (C=O) groups excluding carboxylic acids is 2. The number of carbonyl (C=O) groups is 2. The minimum atomic E-state index is -0.489. The van der Waals surface area contributed by atoms with Crippen LogP contribution in [-0.4, -0.2) is 36.1 Å². The van der Waals surface area contributed by atoms with Gasteiger partial charge in [-0.2, -0.15) is 0 Å². The molecule has 1 fully saturated rings. The quantitative estimate of drug-likeness (QED) is 0.747. The maximum atomic E-state index is 12.0. The third kappa shape index (κ3) is 5.06. The largest absolute Gasteiger partial charge is 0.391 e. The van der Waals surface area contributed by atoms with E-state index in [0.29, 0.717) is 11.5 Å². The van der Waals surface area contributed by atoms with E-state index in [1.807, 2.05) is 26.0 Å². The van der Waals surface area contributed by atoms with Crippen molar-refractivity contribution in [3.63, 3.8) is 0 Å². The van der Waals surface area contributed by atoms with E-state index in [0.717, 1.165) is 36.8 Å². The Bertz CT molecular complexity index is 565. The Kier molecular flexibility index (Phi) is 6.16. The second-order valence-corrected chi connectivity index (χ2v) is 6.40. The lowest BCUT2D eigenvalue weighted by Gasteiger charge is -2.18. The number of rotatable bonds is 6. The molecule has 5 heteroatoms. The number of aliphatic hydroxyl groups is 1. The first-order valence-corrected chi connectivity index (χ1v) is 8.27. The molecular weight excluding hydrogens is 292 g/mol. The summed E-state index contributed by atoms with van der Waals surface area (Å²) in [5.74, 6) is -0.251. The van der Waals surface area contributed by atoms with Gasteiger partial charge in [-0.05, 0) is 55.9 Å². The standard InChI is InChI=1S/C18H26N2O3/c1-12-7-8-15(9-13(12)2)18(23)20-11-17(22)19-10-16(21)14-5-3-4-6-14/h7-9,14,16,21H,3-6,10-11H2,1-2H3,(H,19,22)(H,20,23). The molecule has 5 nitrogen and oxygen atoms in total. The monoisotopic (exact) mass is 318 g/mol. The van der Waals surface area contributed by atoms with Crippen molar-refractivity contribution in [2.24, 2.45) is 5.92 Å². The summed E-state index contributed by atoms with van der Waals surface area (Å²) in [6.45, 7) is 4.11. The first-order chi connectivity index (χ1) is 11.0. The number of nitrogens with one attached hydrogen (secondary N) is 2. The van der Waals surface area contributed by atoms with E-state index in [9.17, 15) is 14.7 Å². The van der Waals surface area contributed by atoms with Crippen LogP contribution >= 0.6 is 0 Å². The Morgan fingerprint density at radius 3 is 2.52 bits per heavy atom. The highest BCUT2D eigenvalue weighted by Gasteiger charge is 2.23. The highest BCUT2D eigenvalue weighted by atomic mass is 16.3. The van der Waals surface area contributed by atoms with Crippen LogP contribution < -0.4 is 10.6 Å². The van der Waals surface area contributed by atoms with E-state index in [1.54, 1.807) is 6.07 Å². The van der Waals surface area contributed by atoms with Gasteiger partial charge in [0.15, 0.2) is 0 Å². The van der Waals surface area contributed by atoms with Gasteiger partial charge in [-0.1, -0.05) is 18.9 Å². The minimum Gasteiger partial charge on any atom is -0.391 e. The summed E-state index contributed by atoms with van der Waals surface area (Å²) in [6, 6.07) is 5.45. The fourth-order valence-corrected chi connectivity index (χ4v) is 2.94. The SMILES string of the molecule is Cc1ccc(C(=O)NCC(=O)NCC(O)C2CCCC2)cc1C. The summed E-state index contributed by atoms with van der Waals surface area (Å²) in [5.41, 5.74) is 2.72. The van der Waals surface area contributed by atoms with Gasteiger partial charge < -0.3 is 15.7 Å². The van der Waals surface area contributed by atoms with Crippen LogP contribution in [0.1, 0.15) is 47.2 Å². The normalized spacial score (nSPS) is 16.1. The Hall–Kier alpha value is -1.88. The third-order valence-corrected chi connectivity index (χ3v) is 4.63. The van der Waals surface area contributed by atoms with Gasteiger partial charge in [0.1, 0.15) is 0 Å². The van der Waals surface area contributed by atoms with Gasteiger partial charge in [-0.3, -0.25) is 9.59 Å². The summed E-state index contributed by atoms with van der Waals surface area (Å²) in [6.07, 6.45) is 3.88. The van der Waals surface area contributed by atoms with Crippen molar-refractivity contribution in [3.8, 4) is 0 Å². The Balaban J connectivity index is 1.72. The molecule has 0 aromatic heterocycles. The predicted octanol–water partition coefficient (Wildman–Crippen LogP) is 1.70. The fourth-order valence-electron chi connectivity index (χ4n) is 2.94.